The fourth-order valence-electron chi connectivity index (χ4n) is 3.71. The van der Waals surface area contributed by atoms with E-state index in [4.69, 9.17) is 17.8 Å². The molecule has 1 aromatic heterocycles. The topological polar surface area (TPSA) is 209 Å². The van der Waals surface area contributed by atoms with Crippen LogP contribution in [0.2, 0.25) is 0 Å². The highest BCUT2D eigenvalue weighted by molar-refractivity contribution is 7.86. The van der Waals surface area contributed by atoms with Gasteiger partial charge in [-0.3, -0.25) is 22.7 Å². The van der Waals surface area contributed by atoms with Crippen LogP contribution < -0.4 is 11.2 Å². The number of rotatable bonds is 11. The molecule has 0 unspecified atom stereocenters. The van der Waals surface area contributed by atoms with E-state index in [1.54, 1.807) is 30.3 Å². The number of aromatic nitrogens is 2. The van der Waals surface area contributed by atoms with E-state index >= 15 is 0 Å². The van der Waals surface area contributed by atoms with Gasteiger partial charge in [0.1, 0.15) is 37.2 Å². The van der Waals surface area contributed by atoms with Crippen LogP contribution in [0.3, 0.4) is 0 Å². The summed E-state index contributed by atoms with van der Waals surface area (Å²) in [5.74, 6) is 0. The number of aryl methyl sites for hydroxylation is 1. The molecule has 2 aromatic rings. The molecule has 1 aromatic carbocycles. The van der Waals surface area contributed by atoms with Crippen molar-refractivity contribution < 1.29 is 34.7 Å². The van der Waals surface area contributed by atoms with E-state index in [2.05, 4.69) is 15.0 Å². The molecule has 0 radical (unpaired) electrons. The second kappa shape index (κ2) is 11.1. The third-order valence-electron chi connectivity index (χ3n) is 5.39. The Morgan fingerprint density at radius 3 is 2.24 bits per heavy atom. The number of H-pyrrole nitrogens is 1. The van der Waals surface area contributed by atoms with Crippen molar-refractivity contribution in [2.24, 2.45) is 5.11 Å². The van der Waals surface area contributed by atoms with Crippen molar-refractivity contribution in [3.05, 3.63) is 78.9 Å². The maximum atomic E-state index is 12.7. The Morgan fingerprint density at radius 1 is 1.11 bits per heavy atom. The maximum absolute atomic E-state index is 12.7. The van der Waals surface area contributed by atoms with Crippen LogP contribution in [-0.4, -0.2) is 69.9 Å². The third-order valence-corrected chi connectivity index (χ3v) is 6.48. The second-order valence-corrected chi connectivity index (χ2v) is 11.7. The molecule has 1 N–H and O–H groups in total. The third kappa shape index (κ3) is 7.26. The standard InChI is InChI=1S/C20H25N5O10S2/c1-13-9-25(19(27)22-17(13)26)18-15(23-24-21)16(32-10-14-7-5-4-6-8-14)20(35-18,11-33-36(2,28)29)12-34-37(3,30)31/h4-9,15-16,18H,10-12H2,1-3H3,(H,22,26,27)/t15-,16-,18-/m1/s1. The Labute approximate surface area is 211 Å². The highest BCUT2D eigenvalue weighted by atomic mass is 32.2. The average molecular weight is 560 g/mol. The summed E-state index contributed by atoms with van der Waals surface area (Å²) in [4.78, 5) is 29.5. The number of azide groups is 1. The average Bonchev–Trinajstić information content (AvgIpc) is 3.11. The molecule has 202 valence electrons. The zero-order valence-corrected chi connectivity index (χ0v) is 21.6. The van der Waals surface area contributed by atoms with Crippen LogP contribution in [0, 0.1) is 6.92 Å². The van der Waals surface area contributed by atoms with Crippen LogP contribution >= 0.6 is 0 Å². The SMILES string of the molecule is Cc1cn([C@@H]2OC(COS(C)(=O)=O)(COS(C)(=O)=O)[C@H](OCc3ccccc3)[C@H]2N=[N+]=[N-])c(=O)[nH]c1=O. The Hall–Kier alpha value is -3.05. The number of hydrogen-bond donors (Lipinski definition) is 1. The molecular weight excluding hydrogens is 534 g/mol. The molecule has 0 amide bonds. The molecule has 1 fully saturated rings. The van der Waals surface area contributed by atoms with Crippen LogP contribution in [0.4, 0.5) is 0 Å². The molecule has 1 saturated heterocycles. The van der Waals surface area contributed by atoms with Crippen molar-refractivity contribution in [3.8, 4) is 0 Å². The minimum Gasteiger partial charge on any atom is -0.370 e. The number of nitrogens with zero attached hydrogens (tertiary/aromatic N) is 4. The zero-order chi connectivity index (χ0) is 27.4. The minimum absolute atomic E-state index is 0.0991. The van der Waals surface area contributed by atoms with Crippen LogP contribution in [0.15, 0.2) is 51.2 Å². The lowest BCUT2D eigenvalue weighted by Crippen LogP contribution is -2.52. The predicted molar refractivity (Wildman–Crippen MR) is 128 cm³/mol. The van der Waals surface area contributed by atoms with Gasteiger partial charge in [-0.05, 0) is 18.0 Å². The van der Waals surface area contributed by atoms with Gasteiger partial charge >= 0.3 is 5.69 Å². The van der Waals surface area contributed by atoms with Gasteiger partial charge in [-0.15, -0.1) is 0 Å². The monoisotopic (exact) mass is 559 g/mol. The molecule has 3 rings (SSSR count). The molecule has 17 heteroatoms. The summed E-state index contributed by atoms with van der Waals surface area (Å²) in [5, 5.41) is 3.72. The highest BCUT2D eigenvalue weighted by Crippen LogP contribution is 2.42. The lowest BCUT2D eigenvalue weighted by molar-refractivity contribution is -0.154. The van der Waals surface area contributed by atoms with Crippen molar-refractivity contribution >= 4 is 20.2 Å². The molecule has 3 atom stereocenters. The van der Waals surface area contributed by atoms with Crippen molar-refractivity contribution in [1.29, 1.82) is 0 Å². The lowest BCUT2D eigenvalue weighted by Gasteiger charge is -2.33. The van der Waals surface area contributed by atoms with E-state index in [0.29, 0.717) is 5.56 Å². The Balaban J connectivity index is 2.17. The van der Waals surface area contributed by atoms with Crippen molar-refractivity contribution in [3.63, 3.8) is 0 Å². The van der Waals surface area contributed by atoms with Crippen molar-refractivity contribution in [1.82, 2.24) is 9.55 Å². The molecule has 0 saturated carbocycles. The fourth-order valence-corrected chi connectivity index (χ4v) is 4.54. The predicted octanol–water partition coefficient (Wildman–Crippen LogP) is 0.329. The van der Waals surface area contributed by atoms with E-state index in [0.717, 1.165) is 23.3 Å². The van der Waals surface area contributed by atoms with Gasteiger partial charge in [-0.2, -0.15) is 16.8 Å². The summed E-state index contributed by atoms with van der Waals surface area (Å²) in [7, 11) is -8.17. The van der Waals surface area contributed by atoms with Gasteiger partial charge in [-0.1, -0.05) is 35.4 Å². The molecule has 1 aliphatic heterocycles. The maximum Gasteiger partial charge on any atom is 0.330 e. The molecular formula is C20H25N5O10S2. The quantitative estimate of drug-likeness (QED) is 0.172. The summed E-state index contributed by atoms with van der Waals surface area (Å²) in [6, 6.07) is 7.36. The Kier molecular flexibility index (Phi) is 8.59. The summed E-state index contributed by atoms with van der Waals surface area (Å²) in [6.07, 6.45) is -0.150. The molecule has 0 aliphatic carbocycles. The Morgan fingerprint density at radius 2 is 1.70 bits per heavy atom. The van der Waals surface area contributed by atoms with Gasteiger partial charge in [0, 0.05) is 16.7 Å². The molecule has 0 spiro atoms. The first kappa shape index (κ1) is 28.5. The van der Waals surface area contributed by atoms with Crippen molar-refractivity contribution in [2.75, 3.05) is 25.7 Å². The van der Waals surface area contributed by atoms with Gasteiger partial charge < -0.3 is 9.47 Å². The van der Waals surface area contributed by atoms with Gasteiger partial charge in [0.2, 0.25) is 0 Å². The van der Waals surface area contributed by atoms with Gasteiger partial charge in [0.05, 0.1) is 19.1 Å². The van der Waals surface area contributed by atoms with Crippen LogP contribution in [-0.2, 0) is 44.7 Å². The molecule has 1 aliphatic rings. The van der Waals surface area contributed by atoms with E-state index in [9.17, 15) is 32.0 Å². The molecule has 15 nitrogen and oxygen atoms in total. The van der Waals surface area contributed by atoms with Crippen LogP contribution in [0.1, 0.15) is 17.4 Å². The summed E-state index contributed by atoms with van der Waals surface area (Å²) >= 11 is 0. The largest absolute Gasteiger partial charge is 0.370 e. The second-order valence-electron chi connectivity index (χ2n) is 8.40. The number of aromatic amines is 1. The first-order chi connectivity index (χ1) is 17.2. The van der Waals surface area contributed by atoms with Crippen molar-refractivity contribution in [2.45, 2.75) is 37.5 Å². The first-order valence-electron chi connectivity index (χ1n) is 10.6. The summed E-state index contributed by atoms with van der Waals surface area (Å²) in [6.45, 7) is -0.307. The highest BCUT2D eigenvalue weighted by Gasteiger charge is 2.58. The van der Waals surface area contributed by atoms with Gasteiger partial charge in [0.25, 0.3) is 25.8 Å². The summed E-state index contributed by atoms with van der Waals surface area (Å²) in [5.41, 5.74) is 6.49. The smallest absolute Gasteiger partial charge is 0.330 e. The number of nitrogens with one attached hydrogen (secondary N) is 1. The van der Waals surface area contributed by atoms with E-state index in [1.165, 1.54) is 6.92 Å². The fraction of sp³-hybridized carbons (Fsp3) is 0.500. The van der Waals surface area contributed by atoms with E-state index < -0.39 is 68.7 Å². The number of benzene rings is 1. The van der Waals surface area contributed by atoms with Gasteiger partial charge in [-0.25, -0.2) is 4.79 Å². The first-order valence-corrected chi connectivity index (χ1v) is 14.3. The zero-order valence-electron chi connectivity index (χ0n) is 20.0. The molecule has 2 heterocycles. The lowest BCUT2D eigenvalue weighted by atomic mass is 9.95. The molecule has 37 heavy (non-hydrogen) atoms. The number of ether oxygens (including phenoxy) is 2. The minimum atomic E-state index is -4.09. The van der Waals surface area contributed by atoms with E-state index in [1.807, 2.05) is 0 Å². The molecule has 0 bridgehead atoms. The van der Waals surface area contributed by atoms with E-state index in [-0.39, 0.29) is 12.2 Å². The Bertz CT molecular complexity index is 1460. The van der Waals surface area contributed by atoms with Gasteiger partial charge in [0.15, 0.2) is 0 Å². The normalized spacial score (nSPS) is 21.4. The summed E-state index contributed by atoms with van der Waals surface area (Å²) < 4.78 is 70.3. The van der Waals surface area contributed by atoms with Crippen LogP contribution in [0.25, 0.3) is 10.4 Å². The number of hydrogen-bond acceptors (Lipinski definition) is 11. The van der Waals surface area contributed by atoms with Crippen LogP contribution in [0.5, 0.6) is 0 Å².